The highest BCUT2D eigenvalue weighted by Gasteiger charge is 2.07. The van der Waals surface area contributed by atoms with Crippen LogP contribution in [0.5, 0.6) is 11.5 Å². The molecular weight excluding hydrogens is 278 g/mol. The molecule has 0 radical (unpaired) electrons. The summed E-state index contributed by atoms with van der Waals surface area (Å²) in [7, 11) is -3.21. The Kier molecular flexibility index (Phi) is 3.71. The third kappa shape index (κ3) is 3.33. The van der Waals surface area contributed by atoms with Crippen molar-refractivity contribution >= 4 is 15.7 Å². The number of aromatic nitrogens is 1. The number of rotatable bonds is 4. The lowest BCUT2D eigenvalue weighted by Crippen LogP contribution is -2.12. The Labute approximate surface area is 116 Å². The SMILES string of the molecule is CS(=O)(=O)c1ccc(Oc2ccc(C(=N)N)nc2)cc1. The molecule has 0 saturated heterocycles. The fourth-order valence-corrected chi connectivity index (χ4v) is 2.12. The van der Waals surface area contributed by atoms with Crippen molar-refractivity contribution in [1.82, 2.24) is 4.98 Å². The molecule has 0 saturated carbocycles. The van der Waals surface area contributed by atoms with E-state index in [1.807, 2.05) is 0 Å². The van der Waals surface area contributed by atoms with Gasteiger partial charge in [-0.2, -0.15) is 0 Å². The van der Waals surface area contributed by atoms with Gasteiger partial charge in [-0.3, -0.25) is 5.41 Å². The van der Waals surface area contributed by atoms with E-state index in [9.17, 15) is 8.42 Å². The first-order valence-electron chi connectivity index (χ1n) is 5.65. The number of hydrogen-bond donors (Lipinski definition) is 2. The summed E-state index contributed by atoms with van der Waals surface area (Å²) in [4.78, 5) is 4.19. The number of nitrogens with zero attached hydrogens (tertiary/aromatic N) is 1. The second kappa shape index (κ2) is 5.30. The van der Waals surface area contributed by atoms with Crippen molar-refractivity contribution in [2.45, 2.75) is 4.90 Å². The number of nitrogen functional groups attached to an aromatic ring is 1. The van der Waals surface area contributed by atoms with Crippen LogP contribution in [0.2, 0.25) is 0 Å². The molecule has 0 amide bonds. The molecule has 0 aliphatic rings. The topological polar surface area (TPSA) is 106 Å². The van der Waals surface area contributed by atoms with Crippen molar-refractivity contribution in [3.63, 3.8) is 0 Å². The lowest BCUT2D eigenvalue weighted by molar-refractivity contribution is 0.479. The van der Waals surface area contributed by atoms with Crippen molar-refractivity contribution in [3.05, 3.63) is 48.3 Å². The molecule has 0 unspecified atom stereocenters. The van der Waals surface area contributed by atoms with E-state index in [1.165, 1.54) is 18.3 Å². The normalized spacial score (nSPS) is 11.1. The monoisotopic (exact) mass is 291 g/mol. The molecule has 0 fully saturated rings. The number of pyridine rings is 1. The molecule has 2 aromatic rings. The van der Waals surface area contributed by atoms with Crippen LogP contribution in [0.25, 0.3) is 0 Å². The van der Waals surface area contributed by atoms with E-state index in [0.717, 1.165) is 6.26 Å². The van der Waals surface area contributed by atoms with Gasteiger partial charge in [-0.15, -0.1) is 0 Å². The number of ether oxygens (including phenoxy) is 1. The Morgan fingerprint density at radius 1 is 1.15 bits per heavy atom. The molecule has 3 N–H and O–H groups in total. The van der Waals surface area contributed by atoms with Gasteiger partial charge in [0.05, 0.1) is 11.1 Å². The van der Waals surface area contributed by atoms with E-state index in [2.05, 4.69) is 4.98 Å². The van der Waals surface area contributed by atoms with Crippen molar-refractivity contribution < 1.29 is 13.2 Å². The standard InChI is InChI=1S/C13H13N3O3S/c1-20(17,18)11-5-2-9(3-6-11)19-10-4-7-12(13(14)15)16-8-10/h2-8H,1H3,(H3,14,15). The summed E-state index contributed by atoms with van der Waals surface area (Å²) in [5, 5.41) is 7.23. The molecule has 1 heterocycles. The third-order valence-electron chi connectivity index (χ3n) is 2.50. The Balaban J connectivity index is 2.16. The molecular formula is C13H13N3O3S. The predicted octanol–water partition coefficient (Wildman–Crippen LogP) is 1.56. The van der Waals surface area contributed by atoms with Crippen LogP contribution in [0.3, 0.4) is 0 Å². The molecule has 1 aromatic heterocycles. The van der Waals surface area contributed by atoms with Crippen molar-refractivity contribution in [3.8, 4) is 11.5 Å². The first-order valence-corrected chi connectivity index (χ1v) is 7.54. The fourth-order valence-electron chi connectivity index (χ4n) is 1.49. The maximum atomic E-state index is 11.3. The van der Waals surface area contributed by atoms with E-state index < -0.39 is 9.84 Å². The second-order valence-corrected chi connectivity index (χ2v) is 6.15. The lowest BCUT2D eigenvalue weighted by atomic mass is 10.3. The van der Waals surface area contributed by atoms with Crippen LogP contribution in [0.15, 0.2) is 47.5 Å². The maximum Gasteiger partial charge on any atom is 0.175 e. The maximum absolute atomic E-state index is 11.3. The number of benzene rings is 1. The van der Waals surface area contributed by atoms with E-state index in [4.69, 9.17) is 15.9 Å². The fraction of sp³-hybridized carbons (Fsp3) is 0.0769. The van der Waals surface area contributed by atoms with Gasteiger partial charge in [-0.05, 0) is 36.4 Å². The van der Waals surface area contributed by atoms with Crippen molar-refractivity contribution in [1.29, 1.82) is 5.41 Å². The van der Waals surface area contributed by atoms with Gasteiger partial charge in [-0.25, -0.2) is 13.4 Å². The van der Waals surface area contributed by atoms with Gasteiger partial charge in [0.15, 0.2) is 9.84 Å². The molecule has 7 heteroatoms. The van der Waals surface area contributed by atoms with Crippen LogP contribution in [0, 0.1) is 5.41 Å². The highest BCUT2D eigenvalue weighted by molar-refractivity contribution is 7.90. The first-order chi connectivity index (χ1) is 9.36. The molecule has 6 nitrogen and oxygen atoms in total. The molecule has 0 bridgehead atoms. The van der Waals surface area contributed by atoms with Gasteiger partial charge in [0.1, 0.15) is 23.0 Å². The van der Waals surface area contributed by atoms with Gasteiger partial charge in [-0.1, -0.05) is 0 Å². The highest BCUT2D eigenvalue weighted by Crippen LogP contribution is 2.22. The number of nitrogens with two attached hydrogens (primary N) is 1. The minimum atomic E-state index is -3.21. The lowest BCUT2D eigenvalue weighted by Gasteiger charge is -2.06. The van der Waals surface area contributed by atoms with Crippen molar-refractivity contribution in [2.75, 3.05) is 6.26 Å². The van der Waals surface area contributed by atoms with Crippen LogP contribution in [-0.4, -0.2) is 25.5 Å². The molecule has 0 aliphatic heterocycles. The van der Waals surface area contributed by atoms with E-state index in [1.54, 1.807) is 24.3 Å². The first kappa shape index (κ1) is 14.0. The molecule has 20 heavy (non-hydrogen) atoms. The van der Waals surface area contributed by atoms with Crippen LogP contribution in [0.4, 0.5) is 0 Å². The molecule has 2 rings (SSSR count). The summed E-state index contributed by atoms with van der Waals surface area (Å²) >= 11 is 0. The van der Waals surface area contributed by atoms with Crippen molar-refractivity contribution in [2.24, 2.45) is 5.73 Å². The summed E-state index contributed by atoms with van der Waals surface area (Å²) in [6.07, 6.45) is 2.59. The third-order valence-corrected chi connectivity index (χ3v) is 3.63. The van der Waals surface area contributed by atoms with Crippen LogP contribution in [0.1, 0.15) is 5.69 Å². The zero-order valence-electron chi connectivity index (χ0n) is 10.7. The smallest absolute Gasteiger partial charge is 0.175 e. The largest absolute Gasteiger partial charge is 0.456 e. The summed E-state index contributed by atoms with van der Waals surface area (Å²) in [6.45, 7) is 0. The molecule has 0 atom stereocenters. The predicted molar refractivity (Wildman–Crippen MR) is 74.9 cm³/mol. The van der Waals surface area contributed by atoms with Gasteiger partial charge in [0, 0.05) is 6.26 Å². The number of amidine groups is 1. The molecule has 1 aromatic carbocycles. The van der Waals surface area contributed by atoms with Crippen LogP contribution < -0.4 is 10.5 Å². The zero-order chi connectivity index (χ0) is 14.8. The van der Waals surface area contributed by atoms with Crippen LogP contribution in [-0.2, 0) is 9.84 Å². The van der Waals surface area contributed by atoms with Crippen LogP contribution >= 0.6 is 0 Å². The Hall–Kier alpha value is -2.41. The number of sulfone groups is 1. The quantitative estimate of drug-likeness (QED) is 0.656. The van der Waals surface area contributed by atoms with Gasteiger partial charge in [0.25, 0.3) is 0 Å². The minimum absolute atomic E-state index is 0.117. The second-order valence-electron chi connectivity index (χ2n) is 4.14. The average Bonchev–Trinajstić information content (AvgIpc) is 2.39. The molecule has 104 valence electrons. The number of hydrogen-bond acceptors (Lipinski definition) is 5. The summed E-state index contributed by atoms with van der Waals surface area (Å²) < 4.78 is 28.2. The zero-order valence-corrected chi connectivity index (χ0v) is 11.5. The summed E-state index contributed by atoms with van der Waals surface area (Å²) in [5.74, 6) is 0.853. The van der Waals surface area contributed by atoms with E-state index in [-0.39, 0.29) is 10.7 Å². The Bertz CT molecular complexity index is 722. The summed E-state index contributed by atoms with van der Waals surface area (Å²) in [5.41, 5.74) is 5.66. The molecule has 0 aliphatic carbocycles. The molecule has 0 spiro atoms. The Morgan fingerprint density at radius 3 is 2.20 bits per heavy atom. The minimum Gasteiger partial charge on any atom is -0.456 e. The number of nitrogens with one attached hydrogen (secondary N) is 1. The van der Waals surface area contributed by atoms with Gasteiger partial charge in [0.2, 0.25) is 0 Å². The Morgan fingerprint density at radius 2 is 1.75 bits per heavy atom. The van der Waals surface area contributed by atoms with E-state index in [0.29, 0.717) is 17.2 Å². The van der Waals surface area contributed by atoms with Gasteiger partial charge < -0.3 is 10.5 Å². The average molecular weight is 291 g/mol. The highest BCUT2D eigenvalue weighted by atomic mass is 32.2. The van der Waals surface area contributed by atoms with E-state index >= 15 is 0 Å². The summed E-state index contributed by atoms with van der Waals surface area (Å²) in [6, 6.07) is 9.28. The van der Waals surface area contributed by atoms with Gasteiger partial charge >= 0.3 is 0 Å².